The summed E-state index contributed by atoms with van der Waals surface area (Å²) in [5, 5.41) is 6.02. The Balaban J connectivity index is 1.32. The van der Waals surface area contributed by atoms with Gasteiger partial charge < -0.3 is 15.5 Å². The molecule has 0 radical (unpaired) electrons. The SMILES string of the molecule is CC(CCNC(=O)NCC1CCN(c2ccccc2)C1)c1ccccc1. The zero-order valence-electron chi connectivity index (χ0n) is 15.5. The van der Waals surface area contributed by atoms with E-state index in [0.717, 1.165) is 32.5 Å². The summed E-state index contributed by atoms with van der Waals surface area (Å²) in [5.41, 5.74) is 2.59. The van der Waals surface area contributed by atoms with Gasteiger partial charge in [0.1, 0.15) is 0 Å². The number of anilines is 1. The molecule has 3 rings (SSSR count). The van der Waals surface area contributed by atoms with Crippen LogP contribution in [-0.4, -0.2) is 32.2 Å². The van der Waals surface area contributed by atoms with Crippen LogP contribution in [0.3, 0.4) is 0 Å². The number of carbonyl (C=O) groups excluding carboxylic acids is 1. The molecule has 0 aromatic heterocycles. The van der Waals surface area contributed by atoms with Crippen molar-refractivity contribution in [2.24, 2.45) is 5.92 Å². The van der Waals surface area contributed by atoms with Gasteiger partial charge in [0.2, 0.25) is 0 Å². The Morgan fingerprint density at radius 1 is 1.08 bits per heavy atom. The first kappa shape index (κ1) is 18.3. The second-order valence-electron chi connectivity index (χ2n) is 7.17. The van der Waals surface area contributed by atoms with Crippen LogP contribution in [0.15, 0.2) is 60.7 Å². The van der Waals surface area contributed by atoms with E-state index in [1.165, 1.54) is 11.3 Å². The van der Waals surface area contributed by atoms with Gasteiger partial charge in [-0.15, -0.1) is 0 Å². The quantitative estimate of drug-likeness (QED) is 0.792. The van der Waals surface area contributed by atoms with Crippen LogP contribution in [0, 0.1) is 5.92 Å². The average molecular weight is 351 g/mol. The monoisotopic (exact) mass is 351 g/mol. The molecule has 2 atom stereocenters. The van der Waals surface area contributed by atoms with Crippen molar-refractivity contribution in [3.63, 3.8) is 0 Å². The van der Waals surface area contributed by atoms with Crippen LogP contribution in [0.25, 0.3) is 0 Å². The molecule has 2 aromatic rings. The number of rotatable bonds is 7. The minimum Gasteiger partial charge on any atom is -0.371 e. The van der Waals surface area contributed by atoms with Crippen molar-refractivity contribution < 1.29 is 4.79 Å². The lowest BCUT2D eigenvalue weighted by atomic mass is 9.98. The van der Waals surface area contributed by atoms with E-state index in [1.54, 1.807) is 0 Å². The number of carbonyl (C=O) groups is 1. The maximum Gasteiger partial charge on any atom is 0.314 e. The molecule has 26 heavy (non-hydrogen) atoms. The highest BCUT2D eigenvalue weighted by Gasteiger charge is 2.22. The van der Waals surface area contributed by atoms with Crippen molar-refractivity contribution in [1.82, 2.24) is 10.6 Å². The molecule has 0 aliphatic carbocycles. The molecular weight excluding hydrogens is 322 g/mol. The van der Waals surface area contributed by atoms with Gasteiger partial charge in [-0.3, -0.25) is 0 Å². The molecule has 138 valence electrons. The molecular formula is C22H29N3O. The number of para-hydroxylation sites is 1. The van der Waals surface area contributed by atoms with Gasteiger partial charge in [0.25, 0.3) is 0 Å². The molecule has 1 fully saturated rings. The van der Waals surface area contributed by atoms with E-state index in [-0.39, 0.29) is 6.03 Å². The normalized spacial score (nSPS) is 17.7. The fraction of sp³-hybridized carbons (Fsp3) is 0.409. The number of benzene rings is 2. The maximum absolute atomic E-state index is 12.0. The molecule has 2 unspecified atom stereocenters. The fourth-order valence-corrected chi connectivity index (χ4v) is 3.52. The van der Waals surface area contributed by atoms with Gasteiger partial charge in [-0.25, -0.2) is 4.79 Å². The standard InChI is InChI=1S/C22H29N3O/c1-18(20-8-4-2-5-9-20)12-14-23-22(26)24-16-19-13-15-25(17-19)21-10-6-3-7-11-21/h2-11,18-19H,12-17H2,1H3,(H2,23,24,26). The fourth-order valence-electron chi connectivity index (χ4n) is 3.52. The first-order valence-corrected chi connectivity index (χ1v) is 9.59. The lowest BCUT2D eigenvalue weighted by molar-refractivity contribution is 0.239. The van der Waals surface area contributed by atoms with Crippen LogP contribution in [0.1, 0.15) is 31.2 Å². The van der Waals surface area contributed by atoms with Crippen molar-refractivity contribution >= 4 is 11.7 Å². The van der Waals surface area contributed by atoms with Gasteiger partial charge in [0, 0.05) is 31.9 Å². The molecule has 1 aliphatic heterocycles. The number of hydrogen-bond donors (Lipinski definition) is 2. The highest BCUT2D eigenvalue weighted by molar-refractivity contribution is 5.73. The predicted octanol–water partition coefficient (Wildman–Crippen LogP) is 4.01. The maximum atomic E-state index is 12.0. The summed E-state index contributed by atoms with van der Waals surface area (Å²) in [4.78, 5) is 14.4. The van der Waals surface area contributed by atoms with E-state index in [0.29, 0.717) is 18.4 Å². The lowest BCUT2D eigenvalue weighted by Crippen LogP contribution is -2.39. The van der Waals surface area contributed by atoms with Crippen LogP contribution in [-0.2, 0) is 0 Å². The minimum atomic E-state index is -0.0524. The molecule has 0 bridgehead atoms. The zero-order valence-corrected chi connectivity index (χ0v) is 15.5. The van der Waals surface area contributed by atoms with Gasteiger partial charge in [-0.05, 0) is 42.4 Å². The average Bonchev–Trinajstić information content (AvgIpc) is 3.17. The molecule has 1 saturated heterocycles. The van der Waals surface area contributed by atoms with E-state index in [4.69, 9.17) is 0 Å². The summed E-state index contributed by atoms with van der Waals surface area (Å²) >= 11 is 0. The second-order valence-corrected chi connectivity index (χ2v) is 7.17. The number of nitrogens with zero attached hydrogens (tertiary/aromatic N) is 1. The van der Waals surface area contributed by atoms with E-state index < -0.39 is 0 Å². The summed E-state index contributed by atoms with van der Waals surface area (Å²) < 4.78 is 0. The predicted molar refractivity (Wildman–Crippen MR) is 108 cm³/mol. The first-order valence-electron chi connectivity index (χ1n) is 9.59. The Hall–Kier alpha value is -2.49. The highest BCUT2D eigenvalue weighted by atomic mass is 16.2. The smallest absolute Gasteiger partial charge is 0.314 e. The first-order chi connectivity index (χ1) is 12.7. The van der Waals surface area contributed by atoms with Crippen LogP contribution < -0.4 is 15.5 Å². The van der Waals surface area contributed by atoms with Gasteiger partial charge >= 0.3 is 6.03 Å². The van der Waals surface area contributed by atoms with Crippen molar-refractivity contribution in [3.05, 3.63) is 66.2 Å². The second kappa shape index (κ2) is 9.27. The molecule has 4 heteroatoms. The van der Waals surface area contributed by atoms with Gasteiger partial charge in [-0.1, -0.05) is 55.5 Å². The van der Waals surface area contributed by atoms with Gasteiger partial charge in [-0.2, -0.15) is 0 Å². The van der Waals surface area contributed by atoms with Crippen LogP contribution >= 0.6 is 0 Å². The van der Waals surface area contributed by atoms with E-state index in [1.807, 2.05) is 12.1 Å². The van der Waals surface area contributed by atoms with Crippen LogP contribution in [0.4, 0.5) is 10.5 Å². The largest absolute Gasteiger partial charge is 0.371 e. The van der Waals surface area contributed by atoms with Gasteiger partial charge in [0.05, 0.1) is 0 Å². The number of urea groups is 1. The third-order valence-electron chi connectivity index (χ3n) is 5.19. The van der Waals surface area contributed by atoms with Crippen molar-refractivity contribution in [3.8, 4) is 0 Å². The Labute approximate surface area is 156 Å². The Morgan fingerprint density at radius 2 is 1.77 bits per heavy atom. The summed E-state index contributed by atoms with van der Waals surface area (Å²) in [5.74, 6) is 0.968. The van der Waals surface area contributed by atoms with Crippen molar-refractivity contribution in [1.29, 1.82) is 0 Å². The number of hydrogen-bond acceptors (Lipinski definition) is 2. The molecule has 2 aromatic carbocycles. The van der Waals surface area contributed by atoms with E-state index >= 15 is 0 Å². The zero-order chi connectivity index (χ0) is 18.2. The molecule has 0 saturated carbocycles. The molecule has 1 aliphatic rings. The van der Waals surface area contributed by atoms with E-state index in [2.05, 4.69) is 71.0 Å². The van der Waals surface area contributed by atoms with Crippen LogP contribution in [0.2, 0.25) is 0 Å². The Morgan fingerprint density at radius 3 is 2.50 bits per heavy atom. The highest BCUT2D eigenvalue weighted by Crippen LogP contribution is 2.23. The van der Waals surface area contributed by atoms with Crippen LogP contribution in [0.5, 0.6) is 0 Å². The topological polar surface area (TPSA) is 44.4 Å². The minimum absolute atomic E-state index is 0.0524. The van der Waals surface area contributed by atoms with Gasteiger partial charge in [0.15, 0.2) is 0 Å². The summed E-state index contributed by atoms with van der Waals surface area (Å²) in [6, 6.07) is 20.9. The van der Waals surface area contributed by atoms with Crippen molar-refractivity contribution in [2.45, 2.75) is 25.7 Å². The Bertz CT molecular complexity index is 674. The third-order valence-corrected chi connectivity index (χ3v) is 5.19. The van der Waals surface area contributed by atoms with Crippen molar-refractivity contribution in [2.75, 3.05) is 31.1 Å². The number of amides is 2. The third kappa shape index (κ3) is 5.25. The molecule has 0 spiro atoms. The summed E-state index contributed by atoms with van der Waals surface area (Å²) in [6.45, 7) is 5.71. The number of nitrogens with one attached hydrogen (secondary N) is 2. The summed E-state index contributed by atoms with van der Waals surface area (Å²) in [7, 11) is 0. The Kier molecular flexibility index (Phi) is 6.53. The molecule has 2 N–H and O–H groups in total. The van der Waals surface area contributed by atoms with E-state index in [9.17, 15) is 4.79 Å². The lowest BCUT2D eigenvalue weighted by Gasteiger charge is -2.19. The molecule has 2 amide bonds. The molecule has 1 heterocycles. The summed E-state index contributed by atoms with van der Waals surface area (Å²) in [6.07, 6.45) is 2.07. The molecule has 4 nitrogen and oxygen atoms in total.